The average molecular weight is 488 g/mol. The highest BCUT2D eigenvalue weighted by molar-refractivity contribution is 6.04. The Balaban J connectivity index is 1.54. The number of carbonyl (C=O) groups excluding carboxylic acids is 3. The zero-order valence-electron chi connectivity index (χ0n) is 21.3. The van der Waals surface area contributed by atoms with Crippen molar-refractivity contribution in [3.8, 4) is 5.75 Å². The van der Waals surface area contributed by atoms with E-state index in [1.807, 2.05) is 26.0 Å². The van der Waals surface area contributed by atoms with Crippen molar-refractivity contribution < 1.29 is 19.1 Å². The minimum atomic E-state index is -0.481. The van der Waals surface area contributed by atoms with E-state index in [-0.39, 0.29) is 17.4 Å². The molecule has 3 aromatic carbocycles. The molecule has 36 heavy (non-hydrogen) atoms. The summed E-state index contributed by atoms with van der Waals surface area (Å²) in [7, 11) is 0. The van der Waals surface area contributed by atoms with E-state index in [0.29, 0.717) is 28.1 Å². The van der Waals surface area contributed by atoms with Gasteiger partial charge >= 0.3 is 0 Å². The third kappa shape index (κ3) is 7.18. The lowest BCUT2D eigenvalue weighted by Crippen LogP contribution is -2.41. The van der Waals surface area contributed by atoms with Crippen LogP contribution in [0, 0.1) is 0 Å². The first-order valence-corrected chi connectivity index (χ1v) is 12.0. The number of carbonyl (C=O) groups is 3. The first-order valence-electron chi connectivity index (χ1n) is 12.0. The molecule has 7 nitrogen and oxygen atoms in total. The molecule has 0 fully saturated rings. The van der Waals surface area contributed by atoms with Gasteiger partial charge in [0.25, 0.3) is 17.7 Å². The van der Waals surface area contributed by atoms with Crippen LogP contribution in [0.2, 0.25) is 0 Å². The van der Waals surface area contributed by atoms with Gasteiger partial charge in [0.1, 0.15) is 5.75 Å². The van der Waals surface area contributed by atoms with Crippen LogP contribution in [0.3, 0.4) is 0 Å². The molecule has 0 aromatic heterocycles. The van der Waals surface area contributed by atoms with E-state index < -0.39 is 11.8 Å². The Bertz CT molecular complexity index is 1210. The lowest BCUT2D eigenvalue weighted by Gasteiger charge is -2.19. The number of benzene rings is 3. The number of hydrogen-bond donors (Lipinski definition) is 3. The minimum absolute atomic E-state index is 0.0106. The highest BCUT2D eigenvalue weighted by Crippen LogP contribution is 2.22. The second-order valence-electron chi connectivity index (χ2n) is 9.63. The summed E-state index contributed by atoms with van der Waals surface area (Å²) in [5, 5.41) is 2.82. The molecule has 0 aliphatic rings. The van der Waals surface area contributed by atoms with Gasteiger partial charge in [-0.25, -0.2) is 0 Å². The third-order valence-electron chi connectivity index (χ3n) is 5.72. The van der Waals surface area contributed by atoms with Gasteiger partial charge in [-0.05, 0) is 78.9 Å². The van der Waals surface area contributed by atoms with Crippen molar-refractivity contribution in [2.45, 2.75) is 52.6 Å². The Kier molecular flexibility index (Phi) is 8.48. The Morgan fingerprint density at radius 3 is 1.92 bits per heavy atom. The van der Waals surface area contributed by atoms with Crippen LogP contribution < -0.4 is 20.9 Å². The molecule has 0 saturated heterocycles. The summed E-state index contributed by atoms with van der Waals surface area (Å²) in [6, 6.07) is 20.7. The van der Waals surface area contributed by atoms with Crippen LogP contribution in [0.5, 0.6) is 5.75 Å². The summed E-state index contributed by atoms with van der Waals surface area (Å²) in [4.78, 5) is 37.5. The van der Waals surface area contributed by atoms with E-state index in [9.17, 15) is 14.4 Å². The van der Waals surface area contributed by atoms with Crippen LogP contribution in [0.1, 0.15) is 77.7 Å². The van der Waals surface area contributed by atoms with Crippen molar-refractivity contribution in [2.75, 3.05) is 5.32 Å². The van der Waals surface area contributed by atoms with E-state index in [1.165, 1.54) is 0 Å². The fourth-order valence-corrected chi connectivity index (χ4v) is 3.31. The maximum absolute atomic E-state index is 12.6. The molecule has 188 valence electrons. The predicted molar refractivity (Wildman–Crippen MR) is 141 cm³/mol. The Morgan fingerprint density at radius 2 is 1.33 bits per heavy atom. The maximum atomic E-state index is 12.6. The topological polar surface area (TPSA) is 96.5 Å². The molecule has 3 amide bonds. The second-order valence-corrected chi connectivity index (χ2v) is 9.63. The van der Waals surface area contributed by atoms with Crippen LogP contribution in [-0.2, 0) is 5.41 Å². The number of rotatable bonds is 7. The van der Waals surface area contributed by atoms with Gasteiger partial charge in [0, 0.05) is 22.4 Å². The van der Waals surface area contributed by atoms with Crippen LogP contribution in [0.15, 0.2) is 72.8 Å². The summed E-state index contributed by atoms with van der Waals surface area (Å²) < 4.78 is 5.74. The van der Waals surface area contributed by atoms with Crippen molar-refractivity contribution in [1.29, 1.82) is 0 Å². The molecule has 1 atom stereocenters. The van der Waals surface area contributed by atoms with Crippen molar-refractivity contribution >= 4 is 23.4 Å². The smallest absolute Gasteiger partial charge is 0.269 e. The molecular formula is C29H33N3O4. The lowest BCUT2D eigenvalue weighted by atomic mass is 9.87. The Hall–Kier alpha value is -4.13. The third-order valence-corrected chi connectivity index (χ3v) is 5.72. The summed E-state index contributed by atoms with van der Waals surface area (Å²) in [6.45, 7) is 10.3. The lowest BCUT2D eigenvalue weighted by molar-refractivity contribution is 0.0846. The van der Waals surface area contributed by atoms with Gasteiger partial charge < -0.3 is 10.1 Å². The fourth-order valence-electron chi connectivity index (χ4n) is 3.31. The fraction of sp³-hybridized carbons (Fsp3) is 0.276. The average Bonchev–Trinajstić information content (AvgIpc) is 2.87. The van der Waals surface area contributed by atoms with Gasteiger partial charge in [-0.1, -0.05) is 45.9 Å². The molecule has 0 aliphatic carbocycles. The van der Waals surface area contributed by atoms with Gasteiger partial charge in [0.2, 0.25) is 0 Å². The molecule has 3 aromatic rings. The Labute approximate surface area is 212 Å². The molecule has 0 heterocycles. The number of nitrogens with one attached hydrogen (secondary N) is 3. The number of hydrogen-bond acceptors (Lipinski definition) is 4. The normalized spacial score (nSPS) is 11.8. The van der Waals surface area contributed by atoms with Crippen LogP contribution >= 0.6 is 0 Å². The van der Waals surface area contributed by atoms with Gasteiger partial charge in [0.05, 0.1) is 6.10 Å². The molecule has 3 rings (SSSR count). The van der Waals surface area contributed by atoms with E-state index in [4.69, 9.17) is 4.74 Å². The highest BCUT2D eigenvalue weighted by Gasteiger charge is 2.15. The van der Waals surface area contributed by atoms with Crippen LogP contribution in [0.25, 0.3) is 0 Å². The van der Waals surface area contributed by atoms with Gasteiger partial charge in [-0.2, -0.15) is 0 Å². The second kappa shape index (κ2) is 11.5. The van der Waals surface area contributed by atoms with E-state index in [0.717, 1.165) is 12.0 Å². The molecule has 0 spiro atoms. The molecule has 0 bridgehead atoms. The van der Waals surface area contributed by atoms with E-state index >= 15 is 0 Å². The van der Waals surface area contributed by atoms with Crippen LogP contribution in [-0.4, -0.2) is 23.8 Å². The molecule has 0 radical (unpaired) electrons. The zero-order valence-corrected chi connectivity index (χ0v) is 21.3. The number of hydrazine groups is 1. The predicted octanol–water partition coefficient (Wildman–Crippen LogP) is 5.49. The SMILES string of the molecule is CCC(C)Oc1cccc(C(=O)NNC(=O)c2ccc(NC(=O)c3ccc(C(C)(C)C)cc3)cc2)c1. The molecule has 0 saturated carbocycles. The van der Waals surface area contributed by atoms with Gasteiger partial charge in [-0.15, -0.1) is 0 Å². The maximum Gasteiger partial charge on any atom is 0.269 e. The molecule has 1 unspecified atom stereocenters. The quantitative estimate of drug-likeness (QED) is 0.384. The minimum Gasteiger partial charge on any atom is -0.491 e. The summed E-state index contributed by atoms with van der Waals surface area (Å²) in [5.41, 5.74) is 7.77. The van der Waals surface area contributed by atoms with Crippen molar-refractivity contribution in [3.05, 3.63) is 95.1 Å². The van der Waals surface area contributed by atoms with Gasteiger partial charge in [0.15, 0.2) is 0 Å². The monoisotopic (exact) mass is 487 g/mol. The molecule has 7 heteroatoms. The largest absolute Gasteiger partial charge is 0.491 e. The van der Waals surface area contributed by atoms with E-state index in [1.54, 1.807) is 60.7 Å². The number of ether oxygens (including phenoxy) is 1. The first-order chi connectivity index (χ1) is 17.1. The van der Waals surface area contributed by atoms with Crippen molar-refractivity contribution in [3.63, 3.8) is 0 Å². The summed E-state index contributed by atoms with van der Waals surface area (Å²) in [5.74, 6) is -0.587. The van der Waals surface area contributed by atoms with E-state index in [2.05, 4.69) is 36.9 Å². The number of anilines is 1. The van der Waals surface area contributed by atoms with Gasteiger partial charge in [-0.3, -0.25) is 25.2 Å². The highest BCUT2D eigenvalue weighted by atomic mass is 16.5. The molecule has 0 aliphatic heterocycles. The standard InChI is InChI=1S/C29H33N3O4/c1-6-19(2)36-25-9-7-8-22(18-25)28(35)32-31-27(34)21-12-16-24(17-13-21)30-26(33)20-10-14-23(15-11-20)29(3,4)5/h7-19H,6H2,1-5H3,(H,30,33)(H,31,34)(H,32,35). The first kappa shape index (κ1) is 26.5. The number of amides is 3. The van der Waals surface area contributed by atoms with Crippen molar-refractivity contribution in [2.24, 2.45) is 0 Å². The van der Waals surface area contributed by atoms with Crippen molar-refractivity contribution in [1.82, 2.24) is 10.9 Å². The molecular weight excluding hydrogens is 454 g/mol. The Morgan fingerprint density at radius 1 is 0.778 bits per heavy atom. The molecule has 3 N–H and O–H groups in total. The summed E-state index contributed by atoms with van der Waals surface area (Å²) in [6.07, 6.45) is 0.879. The zero-order chi connectivity index (χ0) is 26.3. The summed E-state index contributed by atoms with van der Waals surface area (Å²) >= 11 is 0. The van der Waals surface area contributed by atoms with Crippen LogP contribution in [0.4, 0.5) is 5.69 Å².